The van der Waals surface area contributed by atoms with E-state index in [2.05, 4.69) is 10.6 Å². The van der Waals surface area contributed by atoms with Crippen LogP contribution in [0.1, 0.15) is 10.4 Å². The second-order valence-corrected chi connectivity index (χ2v) is 8.24. The molecule has 7 heteroatoms. The number of amides is 1. The summed E-state index contributed by atoms with van der Waals surface area (Å²) in [5, 5.41) is 8.45. The van der Waals surface area contributed by atoms with Crippen molar-refractivity contribution in [2.75, 3.05) is 12.4 Å². The highest BCUT2D eigenvalue weighted by molar-refractivity contribution is 7.80. The third-order valence-corrected chi connectivity index (χ3v) is 5.87. The fraction of sp³-hybridized carbons (Fsp3) is 0.0357. The van der Waals surface area contributed by atoms with Crippen molar-refractivity contribution in [3.8, 4) is 16.9 Å². The topological polar surface area (TPSA) is 80.6 Å². The Balaban J connectivity index is 1.42. The van der Waals surface area contributed by atoms with Crippen LogP contribution in [-0.2, 0) is 0 Å². The van der Waals surface area contributed by atoms with Gasteiger partial charge in [-0.05, 0) is 58.9 Å². The third kappa shape index (κ3) is 4.49. The van der Waals surface area contributed by atoms with Crippen LogP contribution in [0, 0.1) is 0 Å². The molecule has 4 aromatic carbocycles. The zero-order valence-corrected chi connectivity index (χ0v) is 19.5. The van der Waals surface area contributed by atoms with Crippen LogP contribution in [0.4, 0.5) is 5.69 Å². The minimum Gasteiger partial charge on any atom is -0.495 e. The molecule has 0 aliphatic carbocycles. The Kier molecular flexibility index (Phi) is 5.99. The van der Waals surface area contributed by atoms with Gasteiger partial charge in [0, 0.05) is 10.9 Å². The first kappa shape index (κ1) is 22.3. The second-order valence-electron chi connectivity index (χ2n) is 7.84. The van der Waals surface area contributed by atoms with Crippen LogP contribution in [0.15, 0.2) is 100 Å². The largest absolute Gasteiger partial charge is 0.495 e. The van der Waals surface area contributed by atoms with E-state index in [0.717, 1.165) is 16.2 Å². The number of para-hydroxylation sites is 1. The number of nitrogens with one attached hydrogen (secondary N) is 2. The number of hydrogen-bond donors (Lipinski definition) is 2. The fourth-order valence-corrected chi connectivity index (χ4v) is 4.19. The Morgan fingerprint density at radius 2 is 1.63 bits per heavy atom. The van der Waals surface area contributed by atoms with Crippen LogP contribution in [0.2, 0.25) is 0 Å². The molecule has 172 valence electrons. The van der Waals surface area contributed by atoms with Crippen molar-refractivity contribution in [1.29, 1.82) is 0 Å². The summed E-state index contributed by atoms with van der Waals surface area (Å²) >= 11 is 5.41. The van der Waals surface area contributed by atoms with Crippen LogP contribution < -0.4 is 21.0 Å². The smallest absolute Gasteiger partial charge is 0.344 e. The Morgan fingerprint density at radius 3 is 2.46 bits per heavy atom. The predicted octanol–water partition coefficient (Wildman–Crippen LogP) is 5.75. The summed E-state index contributed by atoms with van der Waals surface area (Å²) in [5.41, 5.74) is 2.11. The van der Waals surface area contributed by atoms with Gasteiger partial charge in [0.15, 0.2) is 5.11 Å². The molecule has 0 unspecified atom stereocenters. The molecule has 5 rings (SSSR count). The zero-order valence-electron chi connectivity index (χ0n) is 18.7. The van der Waals surface area contributed by atoms with E-state index in [-0.39, 0.29) is 11.0 Å². The van der Waals surface area contributed by atoms with Gasteiger partial charge < -0.3 is 14.5 Å². The highest BCUT2D eigenvalue weighted by atomic mass is 32.1. The number of anilines is 1. The summed E-state index contributed by atoms with van der Waals surface area (Å²) < 4.78 is 10.9. The predicted molar refractivity (Wildman–Crippen MR) is 142 cm³/mol. The lowest BCUT2D eigenvalue weighted by molar-refractivity contribution is 0.0979. The van der Waals surface area contributed by atoms with E-state index in [1.165, 1.54) is 7.11 Å². The maximum Gasteiger partial charge on any atom is 0.344 e. The van der Waals surface area contributed by atoms with Crippen molar-refractivity contribution in [2.24, 2.45) is 0 Å². The SMILES string of the molecule is COc1ccc(-c2cc3ccccc3oc2=O)cc1NC(=S)NC(=O)c1cccc2ccccc12. The second kappa shape index (κ2) is 9.40. The first-order chi connectivity index (χ1) is 17.0. The van der Waals surface area contributed by atoms with Gasteiger partial charge >= 0.3 is 5.63 Å². The van der Waals surface area contributed by atoms with Crippen molar-refractivity contribution in [1.82, 2.24) is 5.32 Å². The van der Waals surface area contributed by atoms with E-state index in [9.17, 15) is 9.59 Å². The summed E-state index contributed by atoms with van der Waals surface area (Å²) in [6.07, 6.45) is 0. The van der Waals surface area contributed by atoms with Crippen LogP contribution >= 0.6 is 12.2 Å². The van der Waals surface area contributed by atoms with Gasteiger partial charge in [-0.2, -0.15) is 0 Å². The van der Waals surface area contributed by atoms with E-state index in [4.69, 9.17) is 21.4 Å². The van der Waals surface area contributed by atoms with Gasteiger partial charge in [0.05, 0.1) is 18.4 Å². The third-order valence-electron chi connectivity index (χ3n) is 5.66. The molecule has 1 heterocycles. The van der Waals surface area contributed by atoms with E-state index >= 15 is 0 Å². The van der Waals surface area contributed by atoms with Gasteiger partial charge in [0.1, 0.15) is 11.3 Å². The molecule has 0 radical (unpaired) electrons. The lowest BCUT2D eigenvalue weighted by Gasteiger charge is -2.15. The summed E-state index contributed by atoms with van der Waals surface area (Å²) in [4.78, 5) is 25.6. The molecule has 0 atom stereocenters. The fourth-order valence-electron chi connectivity index (χ4n) is 3.98. The van der Waals surface area contributed by atoms with Crippen molar-refractivity contribution < 1.29 is 13.9 Å². The number of carbonyl (C=O) groups excluding carboxylic acids is 1. The van der Waals surface area contributed by atoms with Gasteiger partial charge in [-0.25, -0.2) is 4.79 Å². The first-order valence-corrected chi connectivity index (χ1v) is 11.3. The number of rotatable bonds is 4. The molecular weight excluding hydrogens is 460 g/mol. The van der Waals surface area contributed by atoms with Gasteiger partial charge in [-0.3, -0.25) is 10.1 Å². The number of thiocarbonyl (C=S) groups is 1. The molecule has 5 aromatic rings. The van der Waals surface area contributed by atoms with E-state index < -0.39 is 5.63 Å². The molecule has 1 aromatic heterocycles. The molecule has 2 N–H and O–H groups in total. The number of fused-ring (bicyclic) bond motifs is 2. The maximum absolute atomic E-state index is 12.9. The molecule has 0 bridgehead atoms. The van der Waals surface area contributed by atoms with E-state index in [0.29, 0.717) is 33.7 Å². The molecule has 0 spiro atoms. The van der Waals surface area contributed by atoms with Crippen LogP contribution in [0.25, 0.3) is 32.9 Å². The maximum atomic E-state index is 12.9. The van der Waals surface area contributed by atoms with Crippen LogP contribution in [0.5, 0.6) is 5.75 Å². The Labute approximate surface area is 206 Å². The molecule has 1 amide bonds. The molecule has 0 aliphatic heterocycles. The van der Waals surface area contributed by atoms with Gasteiger partial charge in [0.2, 0.25) is 0 Å². The highest BCUT2D eigenvalue weighted by Crippen LogP contribution is 2.30. The first-order valence-electron chi connectivity index (χ1n) is 10.8. The lowest BCUT2D eigenvalue weighted by atomic mass is 10.0. The molecule has 6 nitrogen and oxygen atoms in total. The number of ether oxygens (including phenoxy) is 1. The van der Waals surface area contributed by atoms with Gasteiger partial charge in [0.25, 0.3) is 5.91 Å². The average Bonchev–Trinajstić information content (AvgIpc) is 2.87. The molecule has 0 saturated heterocycles. The van der Waals surface area contributed by atoms with Gasteiger partial charge in [-0.15, -0.1) is 0 Å². The minimum absolute atomic E-state index is 0.101. The quantitative estimate of drug-likeness (QED) is 0.252. The van der Waals surface area contributed by atoms with Crippen LogP contribution in [0.3, 0.4) is 0 Å². The standard InChI is InChI=1S/C28H20N2O4S/c1-33-25-14-13-18(22-15-19-8-3-5-12-24(19)34-27(22)32)16-23(25)29-28(35)30-26(31)21-11-6-9-17-7-2-4-10-20(17)21/h2-16H,1H3,(H2,29,30,31,35). The van der Waals surface area contributed by atoms with Crippen molar-refractivity contribution in [3.63, 3.8) is 0 Å². The average molecular weight is 481 g/mol. The van der Waals surface area contributed by atoms with Gasteiger partial charge in [-0.1, -0.05) is 60.7 Å². The molecule has 0 aliphatic rings. The Bertz CT molecular complexity index is 1650. The summed E-state index contributed by atoms with van der Waals surface area (Å²) in [7, 11) is 1.53. The van der Waals surface area contributed by atoms with Crippen molar-refractivity contribution in [2.45, 2.75) is 0 Å². The molecule has 0 saturated carbocycles. The van der Waals surface area contributed by atoms with E-state index in [1.807, 2.05) is 54.6 Å². The molecule has 35 heavy (non-hydrogen) atoms. The van der Waals surface area contributed by atoms with Crippen molar-refractivity contribution in [3.05, 3.63) is 107 Å². The van der Waals surface area contributed by atoms with Crippen molar-refractivity contribution >= 4 is 50.7 Å². The monoisotopic (exact) mass is 480 g/mol. The summed E-state index contributed by atoms with van der Waals surface area (Å²) in [6, 6.07) is 27.5. The Hall–Kier alpha value is -4.49. The number of carbonyl (C=O) groups is 1. The minimum atomic E-state index is -0.452. The summed E-state index contributed by atoms with van der Waals surface area (Å²) in [5.74, 6) is 0.172. The zero-order chi connectivity index (χ0) is 24.4. The summed E-state index contributed by atoms with van der Waals surface area (Å²) in [6.45, 7) is 0. The normalized spacial score (nSPS) is 10.8. The number of hydrogen-bond acceptors (Lipinski definition) is 5. The molecule has 0 fully saturated rings. The highest BCUT2D eigenvalue weighted by Gasteiger charge is 2.15. The van der Waals surface area contributed by atoms with Crippen LogP contribution in [-0.4, -0.2) is 18.1 Å². The Morgan fingerprint density at radius 1 is 0.886 bits per heavy atom. The number of benzene rings is 4. The number of methoxy groups -OCH3 is 1. The van der Waals surface area contributed by atoms with E-state index in [1.54, 1.807) is 36.4 Å². The lowest BCUT2D eigenvalue weighted by Crippen LogP contribution is -2.34. The molecular formula is C28H20N2O4S.